The summed E-state index contributed by atoms with van der Waals surface area (Å²) in [5.41, 5.74) is 4.52. The first-order valence-corrected chi connectivity index (χ1v) is 21.9. The standard InChI is InChI=1S/C43H53ClN4O7S/c1-27-7-5-9-39(53-4)36-13-10-31(36)20-48-25-43(16-6-8-29-17-33(44)12-14-37(29)43)26-55-40-15-11-30(19-38(40)48)41(49)45-56(51,28(27)2)46-42(50)32-18-34-23-54-35(24-52-3)22-47(34)21-32/h5,9,11-12,14-15,17-19,21,27-28,31,35-36,39H,6-8,10,13,16,20,22-26H2,1-4H3,(H,45,46,49,50,51)/b9-5-/t27-,28+,31-,35+,36+,39-,43-,56?/m0/s1. The summed E-state index contributed by atoms with van der Waals surface area (Å²) in [6.07, 6.45) is 11.4. The summed E-state index contributed by atoms with van der Waals surface area (Å²) in [7, 11) is -0.252. The van der Waals surface area contributed by atoms with Gasteiger partial charge in [0.15, 0.2) is 0 Å². The fourth-order valence-corrected chi connectivity index (χ4v) is 11.5. The minimum absolute atomic E-state index is 0.0756. The number of hydrogen-bond acceptors (Lipinski definition) is 8. The summed E-state index contributed by atoms with van der Waals surface area (Å²) in [5.74, 6) is 0.000660. The predicted molar refractivity (Wildman–Crippen MR) is 217 cm³/mol. The first-order valence-electron chi connectivity index (χ1n) is 19.9. The van der Waals surface area contributed by atoms with E-state index in [1.165, 1.54) is 11.1 Å². The number of carbonyl (C=O) groups is 2. The van der Waals surface area contributed by atoms with Crippen molar-refractivity contribution in [2.45, 2.75) is 88.4 Å². The van der Waals surface area contributed by atoms with Crippen molar-refractivity contribution < 1.29 is 32.7 Å². The van der Waals surface area contributed by atoms with Crippen molar-refractivity contribution in [1.82, 2.24) is 9.29 Å². The lowest BCUT2D eigenvalue weighted by atomic mass is 9.68. The average Bonchev–Trinajstić information content (AvgIpc) is 3.54. The smallest absolute Gasteiger partial charge is 0.286 e. The number of aromatic nitrogens is 1. The lowest BCUT2D eigenvalue weighted by Crippen LogP contribution is -2.49. The van der Waals surface area contributed by atoms with Gasteiger partial charge in [-0.25, -0.2) is 4.21 Å². The molecular formula is C43H53ClN4O7S. The van der Waals surface area contributed by atoms with Gasteiger partial charge in [0.25, 0.3) is 11.8 Å². The molecule has 56 heavy (non-hydrogen) atoms. The van der Waals surface area contributed by atoms with E-state index in [1.54, 1.807) is 39.5 Å². The number of hydrogen-bond donors (Lipinski definition) is 1. The van der Waals surface area contributed by atoms with Crippen LogP contribution >= 0.6 is 11.6 Å². The Morgan fingerprint density at radius 1 is 1.12 bits per heavy atom. The van der Waals surface area contributed by atoms with Crippen LogP contribution in [0.4, 0.5) is 5.69 Å². The van der Waals surface area contributed by atoms with Gasteiger partial charge >= 0.3 is 0 Å². The largest absolute Gasteiger partial charge is 0.490 e. The summed E-state index contributed by atoms with van der Waals surface area (Å²) in [6.45, 7) is 7.04. The fourth-order valence-electron chi connectivity index (χ4n) is 9.41. The Labute approximate surface area is 335 Å². The van der Waals surface area contributed by atoms with Gasteiger partial charge in [0.05, 0.1) is 55.1 Å². The van der Waals surface area contributed by atoms with Crippen LogP contribution in [-0.2, 0) is 49.1 Å². The molecule has 2 aromatic carbocycles. The topological polar surface area (TPSA) is 121 Å². The Hall–Kier alpha value is -3.68. The summed E-state index contributed by atoms with van der Waals surface area (Å²) in [5, 5.41) is 0.0684. The molecule has 0 radical (unpaired) electrons. The van der Waals surface area contributed by atoms with E-state index in [0.717, 1.165) is 55.1 Å². The maximum absolute atomic E-state index is 15.1. The Kier molecular flexibility index (Phi) is 11.1. The predicted octanol–water partition coefficient (Wildman–Crippen LogP) is 7.14. The molecule has 3 aliphatic heterocycles. The highest BCUT2D eigenvalue weighted by molar-refractivity contribution is 7.93. The van der Waals surface area contributed by atoms with Gasteiger partial charge in [-0.15, -0.1) is 4.36 Å². The van der Waals surface area contributed by atoms with Crippen molar-refractivity contribution in [2.75, 3.05) is 45.4 Å². The van der Waals surface area contributed by atoms with Crippen LogP contribution in [0.2, 0.25) is 5.02 Å². The van der Waals surface area contributed by atoms with E-state index in [9.17, 15) is 9.59 Å². The van der Waals surface area contributed by atoms with Gasteiger partial charge in [-0.05, 0) is 111 Å². The second-order valence-electron chi connectivity index (χ2n) is 16.5. The zero-order valence-electron chi connectivity index (χ0n) is 32.7. The highest BCUT2D eigenvalue weighted by Gasteiger charge is 2.44. The maximum atomic E-state index is 15.1. The third-order valence-electron chi connectivity index (χ3n) is 13.0. The van der Waals surface area contributed by atoms with Crippen LogP contribution in [0.1, 0.15) is 83.5 Å². The number of amides is 2. The van der Waals surface area contributed by atoms with Crippen molar-refractivity contribution in [2.24, 2.45) is 22.1 Å². The Balaban J connectivity index is 1.18. The summed E-state index contributed by atoms with van der Waals surface area (Å²) >= 11 is 6.48. The summed E-state index contributed by atoms with van der Waals surface area (Å²) < 4.78 is 48.2. The van der Waals surface area contributed by atoms with E-state index in [-0.39, 0.29) is 23.5 Å². The van der Waals surface area contributed by atoms with Crippen LogP contribution in [0.5, 0.6) is 5.75 Å². The molecule has 300 valence electrons. The Bertz CT molecular complexity index is 2140. The van der Waals surface area contributed by atoms with Gasteiger partial charge in [0, 0.05) is 55.2 Å². The molecule has 13 heteroatoms. The lowest BCUT2D eigenvalue weighted by molar-refractivity contribution is -0.0382. The number of nitrogens with zero attached hydrogens (tertiary/aromatic N) is 3. The number of ether oxygens (including phenoxy) is 4. The van der Waals surface area contributed by atoms with E-state index in [2.05, 4.69) is 38.3 Å². The molecule has 3 aromatic rings. The SMILES string of the molecule is COC[C@H]1Cn2cc(C(=O)NS3(=O)=NC(=O)c4ccc5c(c4)N(C[C@@H]4CC[C@H]4[C@@H](OC)/C=C\C[C@H](C)[C@H]3C)C[C@@]3(CCCc4cc(Cl)ccc43)CO5)cc2CO1. The number of benzene rings is 2. The van der Waals surface area contributed by atoms with Gasteiger partial charge in [-0.3, -0.25) is 14.3 Å². The molecular weight excluding hydrogens is 752 g/mol. The monoisotopic (exact) mass is 804 g/mol. The van der Waals surface area contributed by atoms with Gasteiger partial charge < -0.3 is 28.4 Å². The number of halogens is 1. The maximum Gasteiger partial charge on any atom is 0.286 e. The van der Waals surface area contributed by atoms with Gasteiger partial charge in [-0.2, -0.15) is 0 Å². The van der Waals surface area contributed by atoms with Crippen LogP contribution in [0.3, 0.4) is 0 Å². The van der Waals surface area contributed by atoms with Crippen molar-refractivity contribution in [1.29, 1.82) is 0 Å². The first-order chi connectivity index (χ1) is 27.0. The van der Waals surface area contributed by atoms with Crippen LogP contribution in [0.15, 0.2) is 65.2 Å². The normalized spacial score (nSPS) is 32.1. The van der Waals surface area contributed by atoms with E-state index < -0.39 is 27.0 Å². The first kappa shape index (κ1) is 39.2. The minimum atomic E-state index is -3.65. The highest BCUT2D eigenvalue weighted by Crippen LogP contribution is 2.47. The Morgan fingerprint density at radius 2 is 1.98 bits per heavy atom. The second-order valence-corrected chi connectivity index (χ2v) is 19.2. The number of fused-ring (bicyclic) bond motifs is 5. The zero-order valence-corrected chi connectivity index (χ0v) is 34.3. The number of anilines is 1. The fraction of sp³-hybridized carbons (Fsp3) is 0.535. The molecule has 4 heterocycles. The third kappa shape index (κ3) is 7.55. The molecule has 11 nitrogen and oxygen atoms in total. The van der Waals surface area contributed by atoms with E-state index in [4.69, 9.17) is 30.5 Å². The molecule has 5 aliphatic rings. The number of nitrogens with one attached hydrogen (secondary N) is 1. The molecule has 1 spiro atoms. The zero-order chi connectivity index (χ0) is 39.2. The number of rotatable bonds is 5. The second kappa shape index (κ2) is 15.9. The van der Waals surface area contributed by atoms with Gasteiger partial charge in [0.1, 0.15) is 15.7 Å². The minimum Gasteiger partial charge on any atom is -0.490 e. The molecule has 0 saturated heterocycles. The number of carbonyl (C=O) groups excluding carboxylic acids is 2. The van der Waals surface area contributed by atoms with Gasteiger partial charge in [-0.1, -0.05) is 36.7 Å². The van der Waals surface area contributed by atoms with Crippen LogP contribution in [0, 0.1) is 17.8 Å². The average molecular weight is 805 g/mol. The Morgan fingerprint density at radius 3 is 2.77 bits per heavy atom. The number of allylic oxidation sites excluding steroid dienone is 1. The van der Waals surface area contributed by atoms with Crippen LogP contribution < -0.4 is 14.4 Å². The molecule has 1 saturated carbocycles. The van der Waals surface area contributed by atoms with Crippen molar-refractivity contribution in [3.8, 4) is 5.75 Å². The molecule has 2 aliphatic carbocycles. The molecule has 8 rings (SSSR count). The van der Waals surface area contributed by atoms with Crippen molar-refractivity contribution >= 4 is 39.0 Å². The molecule has 8 atom stereocenters. The highest BCUT2D eigenvalue weighted by atomic mass is 35.5. The molecule has 2 bridgehead atoms. The van der Waals surface area contributed by atoms with Crippen LogP contribution in [-0.4, -0.2) is 78.6 Å². The number of aryl methyl sites for hydroxylation is 1. The third-order valence-corrected chi connectivity index (χ3v) is 15.6. The van der Waals surface area contributed by atoms with E-state index in [1.807, 2.05) is 29.7 Å². The van der Waals surface area contributed by atoms with Gasteiger partial charge in [0.2, 0.25) is 0 Å². The molecule has 1 aromatic heterocycles. The molecule has 1 unspecified atom stereocenters. The number of methoxy groups -OCH3 is 2. The summed E-state index contributed by atoms with van der Waals surface area (Å²) in [4.78, 5) is 30.6. The summed E-state index contributed by atoms with van der Waals surface area (Å²) in [6, 6.07) is 13.4. The molecule has 2 amide bonds. The lowest BCUT2D eigenvalue weighted by Gasteiger charge is -2.46. The quantitative estimate of drug-likeness (QED) is 0.271. The van der Waals surface area contributed by atoms with Crippen molar-refractivity contribution in [3.05, 3.63) is 93.8 Å². The van der Waals surface area contributed by atoms with Crippen LogP contribution in [0.25, 0.3) is 0 Å². The molecule has 1 fully saturated rings. The van der Waals surface area contributed by atoms with Crippen molar-refractivity contribution in [3.63, 3.8) is 0 Å². The van der Waals surface area contributed by atoms with E-state index >= 15 is 4.21 Å². The van der Waals surface area contributed by atoms with E-state index in [0.29, 0.717) is 68.0 Å². The molecule has 1 N–H and O–H groups in total.